The summed E-state index contributed by atoms with van der Waals surface area (Å²) < 4.78 is 58.2. The number of fused-ring (bicyclic) bond motifs is 1. The Bertz CT molecular complexity index is 1430. The van der Waals surface area contributed by atoms with Gasteiger partial charge in [-0.2, -0.15) is 18.6 Å². The molecule has 1 fully saturated rings. The van der Waals surface area contributed by atoms with E-state index in [0.29, 0.717) is 19.8 Å². The van der Waals surface area contributed by atoms with E-state index in [4.69, 9.17) is 28.3 Å². The molecule has 0 radical (unpaired) electrons. The molecule has 1 aliphatic rings. The van der Waals surface area contributed by atoms with Crippen molar-refractivity contribution < 1.29 is 31.6 Å². The van der Waals surface area contributed by atoms with Crippen LogP contribution in [-0.2, 0) is 30.9 Å². The van der Waals surface area contributed by atoms with Crippen LogP contribution in [-0.4, -0.2) is 79.1 Å². The topological polar surface area (TPSA) is 127 Å². The Morgan fingerprint density at radius 3 is 2.67 bits per heavy atom. The first-order valence-corrected chi connectivity index (χ1v) is 19.3. The second-order valence-corrected chi connectivity index (χ2v) is 18.8. The van der Waals surface area contributed by atoms with Gasteiger partial charge < -0.3 is 18.6 Å². The van der Waals surface area contributed by atoms with Crippen molar-refractivity contribution in [2.24, 2.45) is 0 Å². The van der Waals surface area contributed by atoms with Crippen LogP contribution >= 0.6 is 0 Å². The molecule has 3 heterocycles. The molecule has 0 bridgehead atoms. The summed E-state index contributed by atoms with van der Waals surface area (Å²) in [5, 5.41) is 10.7. The summed E-state index contributed by atoms with van der Waals surface area (Å²) in [5.74, 6) is 0.548. The molecule has 1 unspecified atom stereocenters. The van der Waals surface area contributed by atoms with Crippen molar-refractivity contribution in [3.05, 3.63) is 30.6 Å². The van der Waals surface area contributed by atoms with E-state index in [1.54, 1.807) is 0 Å². The van der Waals surface area contributed by atoms with Gasteiger partial charge in [0.2, 0.25) is 8.32 Å². The molecule has 1 saturated heterocycles. The number of rotatable bonds is 14. The van der Waals surface area contributed by atoms with Gasteiger partial charge in [0.1, 0.15) is 11.4 Å². The first-order valence-electron chi connectivity index (χ1n) is 14.7. The highest BCUT2D eigenvalue weighted by molar-refractivity contribution is 7.85. The second-order valence-electron chi connectivity index (χ2n) is 12.5. The lowest BCUT2D eigenvalue weighted by molar-refractivity contribution is -0.0365. The molecule has 1 aromatic carbocycles. The van der Waals surface area contributed by atoms with Crippen LogP contribution in [0.1, 0.15) is 59.6 Å². The van der Waals surface area contributed by atoms with Gasteiger partial charge >= 0.3 is 0 Å². The van der Waals surface area contributed by atoms with E-state index in [-0.39, 0.29) is 36.2 Å². The van der Waals surface area contributed by atoms with E-state index in [2.05, 4.69) is 51.1 Å². The third kappa shape index (κ3) is 8.63. The minimum absolute atomic E-state index is 0.0834. The summed E-state index contributed by atoms with van der Waals surface area (Å²) >= 11 is 0. The highest BCUT2D eigenvalue weighted by atomic mass is 32.2. The van der Waals surface area contributed by atoms with Gasteiger partial charge in [-0.1, -0.05) is 20.8 Å². The van der Waals surface area contributed by atoms with Crippen LogP contribution < -0.4 is 4.43 Å². The van der Waals surface area contributed by atoms with Crippen molar-refractivity contribution >= 4 is 29.3 Å². The lowest BCUT2D eigenvalue weighted by Crippen LogP contribution is -2.43. The lowest BCUT2D eigenvalue weighted by Gasteiger charge is -2.36. The van der Waals surface area contributed by atoms with Crippen molar-refractivity contribution in [1.82, 2.24) is 19.6 Å². The van der Waals surface area contributed by atoms with Crippen LogP contribution in [0.15, 0.2) is 30.6 Å². The van der Waals surface area contributed by atoms with Crippen LogP contribution in [0.25, 0.3) is 22.2 Å². The zero-order valence-electron chi connectivity index (χ0n) is 25.7. The summed E-state index contributed by atoms with van der Waals surface area (Å²) in [6, 6.07) is 6.25. The maximum atomic E-state index is 10.8. The van der Waals surface area contributed by atoms with E-state index in [0.717, 1.165) is 53.8 Å². The number of nitrogens with zero attached hydrogens (tertiary/aromatic N) is 4. The lowest BCUT2D eigenvalue weighted by atomic mass is 10.1. The largest absolute Gasteiger partial charge is 0.543 e. The number of hydrogen-bond donors (Lipinski definition) is 1. The molecule has 11 nitrogen and oxygen atoms in total. The summed E-state index contributed by atoms with van der Waals surface area (Å²) in [4.78, 5) is 0. The molecule has 1 aliphatic heterocycles. The van der Waals surface area contributed by atoms with E-state index in [1.165, 1.54) is 0 Å². The molecule has 0 amide bonds. The molecule has 0 aliphatic carbocycles. The van der Waals surface area contributed by atoms with Crippen molar-refractivity contribution in [3.8, 4) is 17.0 Å². The molecule has 42 heavy (non-hydrogen) atoms. The van der Waals surface area contributed by atoms with Crippen LogP contribution in [0.5, 0.6) is 5.75 Å². The molecular formula is C29H46N4O7SSi. The summed E-state index contributed by atoms with van der Waals surface area (Å²) in [6.07, 6.45) is 6.96. The summed E-state index contributed by atoms with van der Waals surface area (Å²) in [6.45, 7) is 15.4. The SMILES string of the molecule is C[C@H](Cn1cc(-c2nn(C3CCCCO3)c3ccc(O[Si](C)(C)C(C)(C)C)cc23)cn1)OCCOCCCS(=O)(=O)O. The predicted octanol–water partition coefficient (Wildman–Crippen LogP) is 5.68. The molecule has 0 spiro atoms. The van der Waals surface area contributed by atoms with Crippen molar-refractivity contribution in [1.29, 1.82) is 0 Å². The molecule has 2 atom stereocenters. The maximum absolute atomic E-state index is 10.8. The monoisotopic (exact) mass is 622 g/mol. The standard InChI is InChI=1S/C29H46N4O7SSi/c1-22(38-16-15-37-13-9-17-41(34,35)36)20-32-21-23(19-30-32)28-25-18-24(40-42(5,6)29(2,3)4)11-12-26(25)33(31-28)27-10-7-8-14-39-27/h11-12,18-19,21-22,27H,7-10,13-17,20H2,1-6H3,(H,34,35,36)/t22-,27?/m1/s1. The van der Waals surface area contributed by atoms with Gasteiger partial charge in [0.05, 0.1) is 43.3 Å². The normalized spacial score (nSPS) is 17.5. The van der Waals surface area contributed by atoms with E-state index in [9.17, 15) is 8.42 Å². The predicted molar refractivity (Wildman–Crippen MR) is 165 cm³/mol. The van der Waals surface area contributed by atoms with E-state index >= 15 is 0 Å². The highest BCUT2D eigenvalue weighted by Crippen LogP contribution is 2.39. The average molecular weight is 623 g/mol. The fourth-order valence-corrected chi connectivity index (χ4v) is 6.14. The zero-order chi connectivity index (χ0) is 30.5. The van der Waals surface area contributed by atoms with Gasteiger partial charge in [0, 0.05) is 30.4 Å². The molecule has 0 saturated carbocycles. The Morgan fingerprint density at radius 1 is 1.19 bits per heavy atom. The molecule has 3 aromatic rings. The second kappa shape index (κ2) is 13.6. The van der Waals surface area contributed by atoms with Gasteiger partial charge in [-0.05, 0) is 68.9 Å². The van der Waals surface area contributed by atoms with Gasteiger partial charge in [-0.25, -0.2) is 4.68 Å². The Balaban J connectivity index is 1.47. The first kappa shape index (κ1) is 32.6. The molecule has 13 heteroatoms. The number of ether oxygens (including phenoxy) is 3. The molecule has 1 N–H and O–H groups in total. The number of benzene rings is 1. The fourth-order valence-electron chi connectivity index (χ4n) is 4.64. The van der Waals surface area contributed by atoms with Gasteiger partial charge in [-0.15, -0.1) is 0 Å². The third-order valence-electron chi connectivity index (χ3n) is 7.96. The van der Waals surface area contributed by atoms with Crippen molar-refractivity contribution in [2.45, 2.75) is 90.4 Å². The Kier molecular flexibility index (Phi) is 10.5. The molecule has 2 aromatic heterocycles. The van der Waals surface area contributed by atoms with Crippen LogP contribution in [0.2, 0.25) is 18.1 Å². The average Bonchev–Trinajstić information content (AvgIpc) is 3.51. The summed E-state index contributed by atoms with van der Waals surface area (Å²) in [7, 11) is -5.98. The number of aromatic nitrogens is 4. The molecular weight excluding hydrogens is 576 g/mol. The summed E-state index contributed by atoms with van der Waals surface area (Å²) in [5.41, 5.74) is 2.77. The van der Waals surface area contributed by atoms with Gasteiger partial charge in [0.25, 0.3) is 10.1 Å². The quantitative estimate of drug-likeness (QED) is 0.137. The Morgan fingerprint density at radius 2 is 1.98 bits per heavy atom. The number of hydrogen-bond acceptors (Lipinski definition) is 8. The zero-order valence-corrected chi connectivity index (χ0v) is 27.5. The Labute approximate surface area is 250 Å². The molecule has 4 rings (SSSR count). The van der Waals surface area contributed by atoms with E-state index < -0.39 is 18.4 Å². The van der Waals surface area contributed by atoms with E-state index in [1.807, 2.05) is 34.7 Å². The van der Waals surface area contributed by atoms with Crippen LogP contribution in [0, 0.1) is 0 Å². The third-order valence-corrected chi connectivity index (χ3v) is 13.1. The van der Waals surface area contributed by atoms with Crippen molar-refractivity contribution in [3.63, 3.8) is 0 Å². The fraction of sp³-hybridized carbons (Fsp3) is 0.655. The van der Waals surface area contributed by atoms with Crippen LogP contribution in [0.4, 0.5) is 0 Å². The van der Waals surface area contributed by atoms with Crippen LogP contribution in [0.3, 0.4) is 0 Å². The highest BCUT2D eigenvalue weighted by Gasteiger charge is 2.39. The Hall–Kier alpha value is -2.29. The van der Waals surface area contributed by atoms with Crippen molar-refractivity contribution in [2.75, 3.05) is 32.2 Å². The first-order chi connectivity index (χ1) is 19.7. The minimum atomic E-state index is -3.95. The minimum Gasteiger partial charge on any atom is -0.543 e. The molecule has 234 valence electrons. The smallest absolute Gasteiger partial charge is 0.264 e. The van der Waals surface area contributed by atoms with Gasteiger partial charge in [0.15, 0.2) is 6.23 Å². The maximum Gasteiger partial charge on any atom is 0.264 e. The van der Waals surface area contributed by atoms with Gasteiger partial charge in [-0.3, -0.25) is 9.23 Å².